The van der Waals surface area contributed by atoms with Crippen molar-refractivity contribution in [2.75, 3.05) is 25.1 Å². The Morgan fingerprint density at radius 1 is 1.07 bits per heavy atom. The molecule has 0 radical (unpaired) electrons. The second-order valence-corrected chi connectivity index (χ2v) is 9.19. The van der Waals surface area contributed by atoms with Gasteiger partial charge < -0.3 is 9.64 Å². The molecule has 0 bridgehead atoms. The van der Waals surface area contributed by atoms with Crippen molar-refractivity contribution in [2.24, 2.45) is 0 Å². The lowest BCUT2D eigenvalue weighted by atomic mass is 10.1. The molecule has 2 heterocycles. The lowest BCUT2D eigenvalue weighted by Crippen LogP contribution is -2.44. The van der Waals surface area contributed by atoms with Crippen LogP contribution in [0.15, 0.2) is 65.8 Å². The van der Waals surface area contributed by atoms with Crippen molar-refractivity contribution in [1.29, 1.82) is 0 Å². The number of benzene rings is 2. The highest BCUT2D eigenvalue weighted by atomic mass is 32.2. The molecular weight excluding hydrogens is 400 g/mol. The molecule has 3 aromatic rings. The maximum Gasteiger partial charge on any atom is 0.244 e. The normalized spacial score (nSPS) is 15.3. The van der Waals surface area contributed by atoms with Gasteiger partial charge in [0.05, 0.1) is 12.8 Å². The number of hydrogen-bond donors (Lipinski definition) is 1. The number of methoxy groups -OCH3 is 1. The van der Waals surface area contributed by atoms with Gasteiger partial charge in [0.2, 0.25) is 10.0 Å². The van der Waals surface area contributed by atoms with Crippen molar-refractivity contribution in [3.8, 4) is 11.4 Å². The molecule has 158 valence electrons. The zero-order valence-corrected chi connectivity index (χ0v) is 18.0. The zero-order chi connectivity index (χ0) is 21.1. The third-order valence-electron chi connectivity index (χ3n) is 5.39. The number of nitrogens with one attached hydrogen (secondary N) is 1. The first-order valence-electron chi connectivity index (χ1n) is 9.98. The van der Waals surface area contributed by atoms with E-state index in [4.69, 9.17) is 4.74 Å². The Balaban J connectivity index is 1.49. The van der Waals surface area contributed by atoms with E-state index in [0.717, 1.165) is 25.9 Å². The smallest absolute Gasteiger partial charge is 0.244 e. The van der Waals surface area contributed by atoms with Crippen LogP contribution in [-0.2, 0) is 10.0 Å². The zero-order valence-electron chi connectivity index (χ0n) is 17.2. The van der Waals surface area contributed by atoms with Gasteiger partial charge in [-0.05, 0) is 61.7 Å². The van der Waals surface area contributed by atoms with E-state index in [1.54, 1.807) is 41.3 Å². The van der Waals surface area contributed by atoms with Crippen molar-refractivity contribution < 1.29 is 13.2 Å². The second-order valence-electron chi connectivity index (χ2n) is 7.51. The molecule has 4 rings (SSSR count). The first-order chi connectivity index (χ1) is 14.5. The lowest BCUT2D eigenvalue weighted by Gasteiger charge is -2.34. The summed E-state index contributed by atoms with van der Waals surface area (Å²) in [5.41, 5.74) is 3.07. The van der Waals surface area contributed by atoms with Crippen molar-refractivity contribution in [1.82, 2.24) is 14.5 Å². The Hall–Kier alpha value is -2.84. The van der Waals surface area contributed by atoms with Crippen LogP contribution in [-0.4, -0.2) is 44.4 Å². The van der Waals surface area contributed by atoms with Crippen LogP contribution < -0.4 is 14.4 Å². The predicted octanol–water partition coefficient (Wildman–Crippen LogP) is 3.14. The third-order valence-corrected chi connectivity index (χ3v) is 6.93. The predicted molar refractivity (Wildman–Crippen MR) is 117 cm³/mol. The summed E-state index contributed by atoms with van der Waals surface area (Å²) in [4.78, 5) is 2.43. The van der Waals surface area contributed by atoms with Gasteiger partial charge in [-0.25, -0.2) is 17.8 Å². The van der Waals surface area contributed by atoms with Gasteiger partial charge in [0.15, 0.2) is 0 Å². The van der Waals surface area contributed by atoms with Crippen LogP contribution in [0.25, 0.3) is 5.69 Å². The van der Waals surface area contributed by atoms with E-state index in [-0.39, 0.29) is 10.9 Å². The van der Waals surface area contributed by atoms with E-state index in [1.807, 2.05) is 0 Å². The summed E-state index contributed by atoms with van der Waals surface area (Å²) in [6, 6.07) is 15.1. The molecule has 0 amide bonds. The molecule has 8 heteroatoms. The van der Waals surface area contributed by atoms with Gasteiger partial charge >= 0.3 is 0 Å². The quantitative estimate of drug-likeness (QED) is 0.655. The van der Waals surface area contributed by atoms with Gasteiger partial charge in [0.25, 0.3) is 0 Å². The average Bonchev–Trinajstić information content (AvgIpc) is 3.28. The fourth-order valence-corrected chi connectivity index (χ4v) is 5.30. The fraction of sp³-hybridized carbons (Fsp3) is 0.318. The summed E-state index contributed by atoms with van der Waals surface area (Å²) in [6.45, 7) is 3.69. The summed E-state index contributed by atoms with van der Waals surface area (Å²) in [5.74, 6) is 0.315. The van der Waals surface area contributed by atoms with Gasteiger partial charge in [-0.3, -0.25) is 0 Å². The maximum atomic E-state index is 13.2. The van der Waals surface area contributed by atoms with Crippen LogP contribution in [0.4, 0.5) is 5.69 Å². The van der Waals surface area contributed by atoms with Crippen LogP contribution in [0, 0.1) is 6.92 Å². The number of ether oxygens (including phenoxy) is 1. The topological polar surface area (TPSA) is 76.5 Å². The van der Waals surface area contributed by atoms with Gasteiger partial charge in [-0.15, -0.1) is 0 Å². The van der Waals surface area contributed by atoms with E-state index in [2.05, 4.69) is 45.9 Å². The molecule has 0 spiro atoms. The molecular formula is C22H26N4O3S. The van der Waals surface area contributed by atoms with Crippen molar-refractivity contribution in [3.63, 3.8) is 0 Å². The molecule has 0 saturated carbocycles. The molecule has 1 aliphatic heterocycles. The molecule has 1 aliphatic rings. The van der Waals surface area contributed by atoms with Crippen molar-refractivity contribution >= 4 is 15.7 Å². The molecule has 30 heavy (non-hydrogen) atoms. The van der Waals surface area contributed by atoms with E-state index in [1.165, 1.54) is 18.4 Å². The number of anilines is 1. The summed E-state index contributed by atoms with van der Waals surface area (Å²) < 4.78 is 36.2. The van der Waals surface area contributed by atoms with Gasteiger partial charge in [0, 0.05) is 37.2 Å². The monoisotopic (exact) mass is 426 g/mol. The van der Waals surface area contributed by atoms with Crippen molar-refractivity contribution in [2.45, 2.75) is 30.7 Å². The average molecular weight is 427 g/mol. The molecule has 1 aromatic heterocycles. The van der Waals surface area contributed by atoms with Crippen LogP contribution in [0.2, 0.25) is 0 Å². The number of hydrogen-bond acceptors (Lipinski definition) is 5. The van der Waals surface area contributed by atoms with E-state index in [0.29, 0.717) is 11.4 Å². The molecule has 0 unspecified atom stereocenters. The van der Waals surface area contributed by atoms with Gasteiger partial charge in [0.1, 0.15) is 10.6 Å². The van der Waals surface area contributed by atoms with Gasteiger partial charge in [-0.2, -0.15) is 5.10 Å². The number of aryl methyl sites for hydroxylation is 1. The molecule has 0 aliphatic carbocycles. The minimum atomic E-state index is -3.74. The maximum absolute atomic E-state index is 13.2. The highest BCUT2D eigenvalue weighted by Crippen LogP contribution is 2.28. The summed E-state index contributed by atoms with van der Waals surface area (Å²) in [7, 11) is -2.27. The second kappa shape index (κ2) is 8.49. The molecule has 1 N–H and O–H groups in total. The number of nitrogens with zero attached hydrogens (tertiary/aromatic N) is 3. The standard InChI is InChI=1S/C22H26N4O3S/c1-17-5-3-6-19(15-17)25-13-9-18(10-14-25)24-30(27,28)22-16-20(7-8-21(22)29-2)26-12-4-11-23-26/h3-8,11-12,15-16,18,24H,9-10,13-14H2,1-2H3. The Morgan fingerprint density at radius 2 is 1.87 bits per heavy atom. The van der Waals surface area contributed by atoms with Gasteiger partial charge in [-0.1, -0.05) is 12.1 Å². The Morgan fingerprint density at radius 3 is 2.53 bits per heavy atom. The van der Waals surface area contributed by atoms with Crippen LogP contribution in [0.5, 0.6) is 5.75 Å². The minimum Gasteiger partial charge on any atom is -0.495 e. The summed E-state index contributed by atoms with van der Waals surface area (Å²) in [5, 5.41) is 4.18. The number of piperidine rings is 1. The Kier molecular flexibility index (Phi) is 5.78. The largest absolute Gasteiger partial charge is 0.495 e. The highest BCUT2D eigenvalue weighted by Gasteiger charge is 2.27. The highest BCUT2D eigenvalue weighted by molar-refractivity contribution is 7.89. The number of rotatable bonds is 6. The molecule has 1 saturated heterocycles. The minimum absolute atomic E-state index is 0.117. The third kappa shape index (κ3) is 4.34. The molecule has 0 atom stereocenters. The van der Waals surface area contributed by atoms with Crippen LogP contribution in [0.3, 0.4) is 0 Å². The first-order valence-corrected chi connectivity index (χ1v) is 11.5. The molecule has 2 aromatic carbocycles. The molecule has 7 nitrogen and oxygen atoms in total. The van der Waals surface area contributed by atoms with Crippen molar-refractivity contribution in [3.05, 3.63) is 66.5 Å². The Bertz CT molecular complexity index is 1110. The summed E-state index contributed by atoms with van der Waals surface area (Å²) in [6.07, 6.45) is 4.91. The lowest BCUT2D eigenvalue weighted by molar-refractivity contribution is 0.400. The van der Waals surface area contributed by atoms with Crippen LogP contribution >= 0.6 is 0 Å². The van der Waals surface area contributed by atoms with E-state index < -0.39 is 10.0 Å². The fourth-order valence-electron chi connectivity index (χ4n) is 3.80. The van der Waals surface area contributed by atoms with E-state index in [9.17, 15) is 8.42 Å². The number of sulfonamides is 1. The Labute approximate surface area is 177 Å². The van der Waals surface area contributed by atoms with E-state index >= 15 is 0 Å². The summed E-state index contributed by atoms with van der Waals surface area (Å²) >= 11 is 0. The van der Waals surface area contributed by atoms with Crippen LogP contribution in [0.1, 0.15) is 18.4 Å². The first kappa shape index (κ1) is 20.4. The number of aromatic nitrogens is 2. The molecule has 1 fully saturated rings. The SMILES string of the molecule is COc1ccc(-n2cccn2)cc1S(=O)(=O)NC1CCN(c2cccc(C)c2)CC1.